The lowest BCUT2D eigenvalue weighted by molar-refractivity contribution is 0.290. The Bertz CT molecular complexity index is 384. The number of hydrogen-bond acceptors (Lipinski definition) is 2. The molecule has 0 aromatic heterocycles. The van der Waals surface area contributed by atoms with Crippen molar-refractivity contribution < 1.29 is 0 Å². The molecule has 1 fully saturated rings. The van der Waals surface area contributed by atoms with Crippen molar-refractivity contribution in [2.24, 2.45) is 5.92 Å². The second-order valence-corrected chi connectivity index (χ2v) is 6.72. The second kappa shape index (κ2) is 8.55. The molecular formula is C19H32N2. The number of rotatable bonds is 8. The first-order valence-electron chi connectivity index (χ1n) is 8.71. The molecule has 0 radical (unpaired) electrons. The molecule has 21 heavy (non-hydrogen) atoms. The molecule has 1 N–H and O–H groups in total. The Morgan fingerprint density at radius 3 is 2.38 bits per heavy atom. The lowest BCUT2D eigenvalue weighted by atomic mass is 9.85. The van der Waals surface area contributed by atoms with Gasteiger partial charge in [0.05, 0.1) is 0 Å². The molecule has 3 atom stereocenters. The highest BCUT2D eigenvalue weighted by Gasteiger charge is 2.20. The van der Waals surface area contributed by atoms with Gasteiger partial charge in [0.1, 0.15) is 0 Å². The zero-order chi connectivity index (χ0) is 15.1. The van der Waals surface area contributed by atoms with E-state index >= 15 is 0 Å². The van der Waals surface area contributed by atoms with Crippen molar-refractivity contribution in [1.29, 1.82) is 0 Å². The highest BCUT2D eigenvalue weighted by atomic mass is 15.2. The molecule has 1 aliphatic rings. The van der Waals surface area contributed by atoms with Crippen molar-refractivity contribution >= 4 is 0 Å². The van der Waals surface area contributed by atoms with Crippen molar-refractivity contribution in [3.63, 3.8) is 0 Å². The van der Waals surface area contributed by atoms with Crippen LogP contribution in [-0.2, 0) is 0 Å². The Morgan fingerprint density at radius 2 is 1.76 bits per heavy atom. The summed E-state index contributed by atoms with van der Waals surface area (Å²) in [6.45, 7) is 11.9. The smallest absolute Gasteiger partial charge is 0.0166 e. The van der Waals surface area contributed by atoms with Gasteiger partial charge in [-0.3, -0.25) is 0 Å². The molecule has 2 nitrogen and oxygen atoms in total. The molecule has 0 bridgehead atoms. The van der Waals surface area contributed by atoms with E-state index in [-0.39, 0.29) is 0 Å². The molecule has 0 amide bonds. The lowest BCUT2D eigenvalue weighted by Crippen LogP contribution is -2.40. The summed E-state index contributed by atoms with van der Waals surface area (Å²) in [4.78, 5) is 2.60. The van der Waals surface area contributed by atoms with Gasteiger partial charge in [-0.15, -0.1) is 0 Å². The van der Waals surface area contributed by atoms with E-state index in [0.717, 1.165) is 12.5 Å². The Morgan fingerprint density at radius 1 is 1.10 bits per heavy atom. The summed E-state index contributed by atoms with van der Waals surface area (Å²) in [5.41, 5.74) is 1.48. The van der Waals surface area contributed by atoms with Crippen LogP contribution >= 0.6 is 0 Å². The highest BCUT2D eigenvalue weighted by Crippen LogP contribution is 2.26. The van der Waals surface area contributed by atoms with Crippen LogP contribution in [0.2, 0.25) is 0 Å². The first-order chi connectivity index (χ1) is 10.2. The fraction of sp³-hybridized carbons (Fsp3) is 0.684. The first-order valence-corrected chi connectivity index (χ1v) is 8.71. The van der Waals surface area contributed by atoms with Crippen LogP contribution in [0.15, 0.2) is 30.3 Å². The molecule has 1 aliphatic heterocycles. The average Bonchev–Trinajstić information content (AvgIpc) is 3.01. The zero-order valence-corrected chi connectivity index (χ0v) is 14.0. The number of nitrogens with one attached hydrogen (secondary N) is 1. The minimum absolute atomic E-state index is 0.582. The van der Waals surface area contributed by atoms with Crippen molar-refractivity contribution in [1.82, 2.24) is 10.2 Å². The molecule has 118 valence electrons. The van der Waals surface area contributed by atoms with Crippen LogP contribution in [0.5, 0.6) is 0 Å². The van der Waals surface area contributed by atoms with Crippen molar-refractivity contribution in [3.8, 4) is 0 Å². The van der Waals surface area contributed by atoms with Gasteiger partial charge in [0.25, 0.3) is 0 Å². The monoisotopic (exact) mass is 288 g/mol. The highest BCUT2D eigenvalue weighted by molar-refractivity contribution is 5.20. The fourth-order valence-electron chi connectivity index (χ4n) is 3.38. The number of hydrogen-bond donors (Lipinski definition) is 1. The van der Waals surface area contributed by atoms with Gasteiger partial charge in [-0.1, -0.05) is 50.6 Å². The third-order valence-corrected chi connectivity index (χ3v) is 4.98. The summed E-state index contributed by atoms with van der Waals surface area (Å²) in [5, 5.41) is 3.78. The first kappa shape index (κ1) is 16.5. The predicted octanol–water partition coefficient (Wildman–Crippen LogP) is 3.89. The zero-order valence-electron chi connectivity index (χ0n) is 14.0. The molecule has 2 rings (SSSR count). The Kier molecular flexibility index (Phi) is 6.72. The van der Waals surface area contributed by atoms with Gasteiger partial charge in [-0.25, -0.2) is 0 Å². The maximum Gasteiger partial charge on any atom is 0.0166 e. The lowest BCUT2D eigenvalue weighted by Gasteiger charge is -2.27. The summed E-state index contributed by atoms with van der Waals surface area (Å²) in [6.07, 6.45) is 4.00. The van der Waals surface area contributed by atoms with Gasteiger partial charge in [-0.2, -0.15) is 0 Å². The Labute approximate surface area is 130 Å². The van der Waals surface area contributed by atoms with Gasteiger partial charge in [0, 0.05) is 19.1 Å². The molecule has 0 aliphatic carbocycles. The van der Waals surface area contributed by atoms with Gasteiger partial charge < -0.3 is 10.2 Å². The summed E-state index contributed by atoms with van der Waals surface area (Å²) >= 11 is 0. The molecule has 3 unspecified atom stereocenters. The van der Waals surface area contributed by atoms with Crippen LogP contribution in [0.1, 0.15) is 51.5 Å². The van der Waals surface area contributed by atoms with Gasteiger partial charge >= 0.3 is 0 Å². The van der Waals surface area contributed by atoms with E-state index in [4.69, 9.17) is 0 Å². The molecule has 1 aromatic rings. The van der Waals surface area contributed by atoms with E-state index in [2.05, 4.69) is 61.3 Å². The Balaban J connectivity index is 1.86. The predicted molar refractivity (Wildman–Crippen MR) is 91.8 cm³/mol. The standard InChI is InChI=1S/C19H32N2/c1-4-16(2)19(18-10-6-5-7-11-18)14-20-17(3)15-21-12-8-9-13-21/h5-7,10-11,16-17,19-20H,4,8-9,12-15H2,1-3H3. The molecule has 0 spiro atoms. The third kappa shape index (κ3) is 5.12. The second-order valence-electron chi connectivity index (χ2n) is 6.72. The topological polar surface area (TPSA) is 15.3 Å². The minimum Gasteiger partial charge on any atom is -0.312 e. The number of nitrogens with zero attached hydrogens (tertiary/aromatic N) is 1. The van der Waals surface area contributed by atoms with Crippen LogP contribution in [-0.4, -0.2) is 37.1 Å². The summed E-state index contributed by atoms with van der Waals surface area (Å²) in [5.74, 6) is 1.34. The van der Waals surface area contributed by atoms with Gasteiger partial charge in [0.15, 0.2) is 0 Å². The average molecular weight is 288 g/mol. The SMILES string of the molecule is CCC(C)C(CNC(C)CN1CCCC1)c1ccccc1. The normalized spacial score (nSPS) is 20.3. The van der Waals surface area contributed by atoms with Crippen LogP contribution < -0.4 is 5.32 Å². The van der Waals surface area contributed by atoms with Crippen LogP contribution in [0, 0.1) is 5.92 Å². The van der Waals surface area contributed by atoms with Crippen molar-refractivity contribution in [2.75, 3.05) is 26.2 Å². The molecule has 2 heteroatoms. The van der Waals surface area contributed by atoms with Crippen LogP contribution in [0.4, 0.5) is 0 Å². The van der Waals surface area contributed by atoms with E-state index in [0.29, 0.717) is 12.0 Å². The fourth-order valence-corrected chi connectivity index (χ4v) is 3.38. The molecular weight excluding hydrogens is 256 g/mol. The van der Waals surface area contributed by atoms with E-state index in [9.17, 15) is 0 Å². The van der Waals surface area contributed by atoms with Crippen molar-refractivity contribution in [2.45, 2.75) is 52.0 Å². The largest absolute Gasteiger partial charge is 0.312 e. The van der Waals surface area contributed by atoms with Gasteiger partial charge in [-0.05, 0) is 50.3 Å². The number of benzene rings is 1. The van der Waals surface area contributed by atoms with Gasteiger partial charge in [0.2, 0.25) is 0 Å². The summed E-state index contributed by atoms with van der Waals surface area (Å²) in [7, 11) is 0. The van der Waals surface area contributed by atoms with E-state index in [1.54, 1.807) is 0 Å². The van der Waals surface area contributed by atoms with Crippen LogP contribution in [0.25, 0.3) is 0 Å². The number of likely N-dealkylation sites (tertiary alicyclic amines) is 1. The third-order valence-electron chi connectivity index (χ3n) is 4.98. The Hall–Kier alpha value is -0.860. The maximum absolute atomic E-state index is 3.78. The maximum atomic E-state index is 3.78. The molecule has 0 saturated carbocycles. The van der Waals surface area contributed by atoms with E-state index < -0.39 is 0 Å². The van der Waals surface area contributed by atoms with E-state index in [1.165, 1.54) is 44.5 Å². The van der Waals surface area contributed by atoms with Crippen molar-refractivity contribution in [3.05, 3.63) is 35.9 Å². The minimum atomic E-state index is 0.582. The molecule has 1 saturated heterocycles. The van der Waals surface area contributed by atoms with Crippen LogP contribution in [0.3, 0.4) is 0 Å². The quantitative estimate of drug-likeness (QED) is 0.780. The van der Waals surface area contributed by atoms with E-state index in [1.807, 2.05) is 0 Å². The molecule has 1 heterocycles. The summed E-state index contributed by atoms with van der Waals surface area (Å²) < 4.78 is 0. The molecule has 1 aromatic carbocycles. The summed E-state index contributed by atoms with van der Waals surface area (Å²) in [6, 6.07) is 11.6.